The van der Waals surface area contributed by atoms with Crippen LogP contribution in [-0.2, 0) is 9.59 Å². The van der Waals surface area contributed by atoms with Crippen molar-refractivity contribution in [1.82, 2.24) is 5.01 Å². The van der Waals surface area contributed by atoms with Crippen molar-refractivity contribution < 1.29 is 19.8 Å². The van der Waals surface area contributed by atoms with E-state index in [1.807, 2.05) is 0 Å². The van der Waals surface area contributed by atoms with Crippen LogP contribution in [0.5, 0.6) is 0 Å². The highest BCUT2D eigenvalue weighted by Gasteiger charge is 2.11. The summed E-state index contributed by atoms with van der Waals surface area (Å²) in [5, 5.41) is 21.9. The molecule has 0 fully saturated rings. The third-order valence-corrected chi connectivity index (χ3v) is 1.14. The van der Waals surface area contributed by atoms with Crippen LogP contribution in [-0.4, -0.2) is 47.0 Å². The van der Waals surface area contributed by atoms with Crippen molar-refractivity contribution in [3.05, 3.63) is 0 Å². The van der Waals surface area contributed by atoms with E-state index in [0.29, 0.717) is 0 Å². The Morgan fingerprint density at radius 2 is 1.77 bits per heavy atom. The molecule has 0 aromatic carbocycles. The molecule has 0 heterocycles. The van der Waals surface area contributed by atoms with Gasteiger partial charge < -0.3 is 15.2 Å². The maximum Gasteiger partial charge on any atom is 0.352 e. The maximum absolute atomic E-state index is 10.5. The van der Waals surface area contributed by atoms with Crippen LogP contribution < -0.4 is 0 Å². The molecule has 0 aromatic heterocycles. The van der Waals surface area contributed by atoms with Crippen molar-refractivity contribution in [2.24, 2.45) is 5.10 Å². The molecule has 74 valence electrons. The Hall–Kier alpha value is -1.59. The first-order valence-corrected chi connectivity index (χ1v) is 3.63. The zero-order chi connectivity index (χ0) is 10.4. The van der Waals surface area contributed by atoms with Gasteiger partial charge in [0.1, 0.15) is 5.71 Å². The minimum absolute atomic E-state index is 0.0666. The monoisotopic (exact) mass is 188 g/mol. The van der Waals surface area contributed by atoms with Gasteiger partial charge in [-0.15, -0.1) is 0 Å². The van der Waals surface area contributed by atoms with E-state index in [4.69, 9.17) is 10.2 Å². The summed E-state index contributed by atoms with van der Waals surface area (Å²) in [5.74, 6) is -2.22. The van der Waals surface area contributed by atoms with Crippen molar-refractivity contribution in [2.45, 2.75) is 12.8 Å². The van der Waals surface area contributed by atoms with Gasteiger partial charge in [0.25, 0.3) is 0 Å². The van der Waals surface area contributed by atoms with Crippen molar-refractivity contribution in [3.63, 3.8) is 0 Å². The van der Waals surface area contributed by atoms with E-state index in [1.165, 1.54) is 5.01 Å². The van der Waals surface area contributed by atoms with Gasteiger partial charge in [-0.1, -0.05) is 0 Å². The maximum atomic E-state index is 10.5. The van der Waals surface area contributed by atoms with Crippen LogP contribution in [0.1, 0.15) is 12.8 Å². The molecule has 0 aliphatic carbocycles. The summed E-state index contributed by atoms with van der Waals surface area (Å²) in [7, 11) is 3.15. The average Bonchev–Trinajstić information content (AvgIpc) is 1.96. The fourth-order valence-electron chi connectivity index (χ4n) is 0.666. The summed E-state index contributed by atoms with van der Waals surface area (Å²) >= 11 is 0. The number of rotatable bonds is 5. The molecule has 0 saturated carbocycles. The molecule has 2 N–H and O–H groups in total. The van der Waals surface area contributed by atoms with Crippen LogP contribution in [0.4, 0.5) is 0 Å². The topological polar surface area (TPSA) is 90.2 Å². The molecule has 0 aliphatic rings. The summed E-state index contributed by atoms with van der Waals surface area (Å²) in [4.78, 5) is 20.6. The van der Waals surface area contributed by atoms with Gasteiger partial charge in [0, 0.05) is 20.5 Å². The molecule has 0 radical (unpaired) electrons. The van der Waals surface area contributed by atoms with Crippen LogP contribution in [0.2, 0.25) is 0 Å². The van der Waals surface area contributed by atoms with Crippen molar-refractivity contribution in [3.8, 4) is 0 Å². The van der Waals surface area contributed by atoms with E-state index in [0.717, 1.165) is 0 Å². The van der Waals surface area contributed by atoms with Crippen molar-refractivity contribution >= 4 is 17.7 Å². The molecule has 0 unspecified atom stereocenters. The van der Waals surface area contributed by atoms with Gasteiger partial charge in [-0.25, -0.2) is 4.79 Å². The SMILES string of the molecule is CN(C)/N=C(/CCC(=O)O)C(=O)O. The summed E-state index contributed by atoms with van der Waals surface area (Å²) in [6, 6.07) is 0. The number of hydrogen-bond donors (Lipinski definition) is 2. The zero-order valence-electron chi connectivity index (χ0n) is 7.52. The molecule has 6 nitrogen and oxygen atoms in total. The fourth-order valence-corrected chi connectivity index (χ4v) is 0.666. The third-order valence-electron chi connectivity index (χ3n) is 1.14. The highest BCUT2D eigenvalue weighted by atomic mass is 16.4. The van der Waals surface area contributed by atoms with Crippen LogP contribution in [0.25, 0.3) is 0 Å². The van der Waals surface area contributed by atoms with Crippen LogP contribution in [0.3, 0.4) is 0 Å². The molecule has 0 spiro atoms. The van der Waals surface area contributed by atoms with Gasteiger partial charge in [0.05, 0.1) is 6.42 Å². The molecule has 0 bridgehead atoms. The summed E-state index contributed by atoms with van der Waals surface area (Å²) in [5.41, 5.74) is -0.146. The summed E-state index contributed by atoms with van der Waals surface area (Å²) < 4.78 is 0. The minimum atomic E-state index is -1.19. The largest absolute Gasteiger partial charge is 0.481 e. The number of nitrogens with zero attached hydrogens (tertiary/aromatic N) is 2. The van der Waals surface area contributed by atoms with Crippen LogP contribution in [0.15, 0.2) is 5.10 Å². The Morgan fingerprint density at radius 3 is 2.08 bits per heavy atom. The quantitative estimate of drug-likeness (QED) is 0.462. The Kier molecular flexibility index (Phi) is 4.50. The van der Waals surface area contributed by atoms with E-state index in [2.05, 4.69) is 5.10 Å². The van der Waals surface area contributed by atoms with Gasteiger partial charge in [0.15, 0.2) is 0 Å². The van der Waals surface area contributed by atoms with E-state index >= 15 is 0 Å². The number of aliphatic carboxylic acids is 2. The highest BCUT2D eigenvalue weighted by Crippen LogP contribution is 1.95. The van der Waals surface area contributed by atoms with E-state index in [1.54, 1.807) is 14.1 Å². The molecule has 0 rings (SSSR count). The molecular formula is C7H12N2O4. The lowest BCUT2D eigenvalue weighted by Gasteiger charge is -2.06. The minimum Gasteiger partial charge on any atom is -0.481 e. The Labute approximate surface area is 75.5 Å². The molecule has 0 aliphatic heterocycles. The molecule has 0 atom stereocenters. The normalized spacial score (nSPS) is 11.1. The lowest BCUT2D eigenvalue weighted by molar-refractivity contribution is -0.136. The molecule has 0 amide bonds. The van der Waals surface area contributed by atoms with Crippen molar-refractivity contribution in [1.29, 1.82) is 0 Å². The number of hydrazone groups is 1. The molecular weight excluding hydrogens is 176 g/mol. The smallest absolute Gasteiger partial charge is 0.352 e. The standard InChI is InChI=1S/C7H12N2O4/c1-9(2)8-5(7(12)13)3-4-6(10)11/h3-4H2,1-2H3,(H,10,11)(H,12,13)/b8-5-. The predicted octanol–water partition coefficient (Wildman–Crippen LogP) is -0.147. The van der Waals surface area contributed by atoms with E-state index in [-0.39, 0.29) is 18.6 Å². The first kappa shape index (κ1) is 11.4. The second kappa shape index (κ2) is 5.13. The Balaban J connectivity index is 4.27. The first-order valence-electron chi connectivity index (χ1n) is 3.63. The van der Waals surface area contributed by atoms with Crippen molar-refractivity contribution in [2.75, 3.05) is 14.1 Å². The van der Waals surface area contributed by atoms with Crippen LogP contribution >= 0.6 is 0 Å². The first-order chi connectivity index (χ1) is 5.93. The molecule has 13 heavy (non-hydrogen) atoms. The van der Waals surface area contributed by atoms with Gasteiger partial charge in [0.2, 0.25) is 0 Å². The van der Waals surface area contributed by atoms with Gasteiger partial charge in [-0.05, 0) is 0 Å². The van der Waals surface area contributed by atoms with Gasteiger partial charge in [-0.3, -0.25) is 4.79 Å². The number of carboxylic acids is 2. The predicted molar refractivity (Wildman–Crippen MR) is 45.6 cm³/mol. The second-order valence-corrected chi connectivity index (χ2v) is 2.59. The lowest BCUT2D eigenvalue weighted by Crippen LogP contribution is -2.18. The van der Waals surface area contributed by atoms with Gasteiger partial charge in [-0.2, -0.15) is 5.10 Å². The number of carbonyl (C=O) groups is 2. The van der Waals surface area contributed by atoms with E-state index in [9.17, 15) is 9.59 Å². The number of carboxylic acid groups (broad SMARTS) is 2. The lowest BCUT2D eigenvalue weighted by atomic mass is 10.2. The second-order valence-electron chi connectivity index (χ2n) is 2.59. The number of hydrogen-bond acceptors (Lipinski definition) is 4. The molecule has 6 heteroatoms. The van der Waals surface area contributed by atoms with Crippen LogP contribution in [0, 0.1) is 0 Å². The fraction of sp³-hybridized carbons (Fsp3) is 0.571. The third kappa shape index (κ3) is 5.66. The highest BCUT2D eigenvalue weighted by molar-refractivity contribution is 6.35. The molecule has 0 saturated heterocycles. The summed E-state index contributed by atoms with van der Waals surface area (Å²) in [6.45, 7) is 0. The summed E-state index contributed by atoms with van der Waals surface area (Å²) in [6.07, 6.45) is -0.290. The zero-order valence-corrected chi connectivity index (χ0v) is 7.52. The van der Waals surface area contributed by atoms with Gasteiger partial charge >= 0.3 is 11.9 Å². The molecule has 0 aromatic rings. The average molecular weight is 188 g/mol. The Bertz CT molecular complexity index is 235. The Morgan fingerprint density at radius 1 is 1.23 bits per heavy atom. The van der Waals surface area contributed by atoms with E-state index < -0.39 is 11.9 Å².